The van der Waals surface area contributed by atoms with Gasteiger partial charge in [0.05, 0.1) is 5.52 Å². The van der Waals surface area contributed by atoms with Gasteiger partial charge in [-0.1, -0.05) is 18.2 Å². The fourth-order valence-corrected chi connectivity index (χ4v) is 1.89. The summed E-state index contributed by atoms with van der Waals surface area (Å²) in [7, 11) is 0. The molecule has 0 aliphatic rings. The maximum absolute atomic E-state index is 11.6. The lowest BCUT2D eigenvalue weighted by Crippen LogP contribution is -1.95. The number of rotatable bonds is 0. The minimum absolute atomic E-state index is 0.0823. The van der Waals surface area contributed by atoms with Crippen LogP contribution in [-0.4, -0.2) is 4.40 Å². The standard InChI is InChI=1S/C13H9NO/c15-13-7-4-6-12-11(13)9-10-5-2-1-3-8-14(10)12/h1-9H. The predicted molar refractivity (Wildman–Crippen MR) is 61.2 cm³/mol. The van der Waals surface area contributed by atoms with E-state index in [0.717, 1.165) is 16.4 Å². The van der Waals surface area contributed by atoms with Crippen LogP contribution in [0, 0.1) is 0 Å². The summed E-state index contributed by atoms with van der Waals surface area (Å²) < 4.78 is 2.02. The van der Waals surface area contributed by atoms with Crippen molar-refractivity contribution in [1.29, 1.82) is 0 Å². The lowest BCUT2D eigenvalue weighted by Gasteiger charge is -1.90. The number of benzene rings is 1. The van der Waals surface area contributed by atoms with Crippen molar-refractivity contribution in [3.8, 4) is 0 Å². The molecular weight excluding hydrogens is 186 g/mol. The second kappa shape index (κ2) is 2.95. The van der Waals surface area contributed by atoms with Crippen LogP contribution in [0.4, 0.5) is 0 Å². The Morgan fingerprint density at radius 3 is 2.80 bits per heavy atom. The molecule has 0 saturated heterocycles. The Morgan fingerprint density at radius 2 is 1.87 bits per heavy atom. The van der Waals surface area contributed by atoms with E-state index in [1.54, 1.807) is 12.1 Å². The quantitative estimate of drug-likeness (QED) is 0.540. The fourth-order valence-electron chi connectivity index (χ4n) is 1.89. The molecule has 3 rings (SSSR count). The Balaban J connectivity index is 2.68. The number of aromatic nitrogens is 1. The van der Waals surface area contributed by atoms with Gasteiger partial charge in [-0.15, -0.1) is 0 Å². The largest absolute Gasteiger partial charge is 0.316 e. The van der Waals surface area contributed by atoms with Crippen LogP contribution in [0.25, 0.3) is 16.4 Å². The van der Waals surface area contributed by atoms with E-state index in [0.29, 0.717) is 0 Å². The molecule has 1 aromatic carbocycles. The zero-order chi connectivity index (χ0) is 10.3. The second-order valence-corrected chi connectivity index (χ2v) is 3.52. The Hall–Kier alpha value is -2.09. The van der Waals surface area contributed by atoms with E-state index in [1.807, 2.05) is 47.0 Å². The molecule has 3 aromatic rings. The highest BCUT2D eigenvalue weighted by Gasteiger charge is 2.02. The van der Waals surface area contributed by atoms with E-state index in [1.165, 1.54) is 0 Å². The van der Waals surface area contributed by atoms with Crippen molar-refractivity contribution in [3.05, 3.63) is 65.0 Å². The van der Waals surface area contributed by atoms with Gasteiger partial charge >= 0.3 is 0 Å². The second-order valence-electron chi connectivity index (χ2n) is 3.52. The molecule has 72 valence electrons. The Kier molecular flexibility index (Phi) is 1.62. The van der Waals surface area contributed by atoms with Crippen molar-refractivity contribution in [2.45, 2.75) is 0 Å². The third kappa shape index (κ3) is 1.15. The van der Waals surface area contributed by atoms with Crippen LogP contribution in [0.5, 0.6) is 0 Å². The minimum atomic E-state index is 0.0823. The molecule has 0 N–H and O–H groups in total. The molecule has 0 fully saturated rings. The first-order valence-electron chi connectivity index (χ1n) is 4.85. The van der Waals surface area contributed by atoms with Crippen LogP contribution in [0.15, 0.2) is 59.5 Å². The molecule has 2 aromatic heterocycles. The van der Waals surface area contributed by atoms with Crippen molar-refractivity contribution in [3.63, 3.8) is 0 Å². The molecule has 0 atom stereocenters. The molecular formula is C13H9NO. The van der Waals surface area contributed by atoms with Gasteiger partial charge in [-0.3, -0.25) is 4.79 Å². The van der Waals surface area contributed by atoms with Crippen molar-refractivity contribution in [2.75, 3.05) is 0 Å². The number of fused-ring (bicyclic) bond motifs is 3. The average molecular weight is 195 g/mol. The number of hydrogen-bond acceptors (Lipinski definition) is 1. The first kappa shape index (κ1) is 8.24. The topological polar surface area (TPSA) is 21.5 Å². The predicted octanol–water partition coefficient (Wildman–Crippen LogP) is 2.45. The molecule has 0 aliphatic carbocycles. The Morgan fingerprint density at radius 1 is 0.933 bits per heavy atom. The Labute approximate surface area is 86.4 Å². The molecule has 0 spiro atoms. The number of nitrogens with zero attached hydrogens (tertiary/aromatic N) is 1. The summed E-state index contributed by atoms with van der Waals surface area (Å²) in [6, 6.07) is 15.2. The molecule has 0 radical (unpaired) electrons. The van der Waals surface area contributed by atoms with Crippen LogP contribution in [0.1, 0.15) is 0 Å². The van der Waals surface area contributed by atoms with Gasteiger partial charge in [0.1, 0.15) is 0 Å². The van der Waals surface area contributed by atoms with Crippen LogP contribution in [-0.2, 0) is 0 Å². The third-order valence-electron chi connectivity index (χ3n) is 2.60. The van der Waals surface area contributed by atoms with E-state index in [-0.39, 0.29) is 5.43 Å². The van der Waals surface area contributed by atoms with Gasteiger partial charge in [0.2, 0.25) is 0 Å². The van der Waals surface area contributed by atoms with Gasteiger partial charge in [-0.25, -0.2) is 0 Å². The molecule has 2 nitrogen and oxygen atoms in total. The molecule has 2 heterocycles. The van der Waals surface area contributed by atoms with E-state index < -0.39 is 0 Å². The van der Waals surface area contributed by atoms with Gasteiger partial charge in [-0.05, 0) is 30.3 Å². The van der Waals surface area contributed by atoms with Gasteiger partial charge in [0, 0.05) is 17.1 Å². The van der Waals surface area contributed by atoms with Gasteiger partial charge in [-0.2, -0.15) is 0 Å². The minimum Gasteiger partial charge on any atom is -0.316 e. The van der Waals surface area contributed by atoms with Crippen molar-refractivity contribution >= 4 is 16.4 Å². The first-order valence-corrected chi connectivity index (χ1v) is 4.85. The highest BCUT2D eigenvalue weighted by atomic mass is 16.1. The normalized spacial score (nSPS) is 10.9. The van der Waals surface area contributed by atoms with E-state index in [2.05, 4.69) is 0 Å². The smallest absolute Gasteiger partial charge is 0.188 e. The Bertz CT molecular complexity index is 697. The monoisotopic (exact) mass is 195 g/mol. The summed E-state index contributed by atoms with van der Waals surface area (Å²) >= 11 is 0. The summed E-state index contributed by atoms with van der Waals surface area (Å²) in [5.41, 5.74) is 2.09. The molecule has 0 saturated carbocycles. The van der Waals surface area contributed by atoms with Gasteiger partial charge in [0.25, 0.3) is 0 Å². The summed E-state index contributed by atoms with van der Waals surface area (Å²) in [5.74, 6) is 0. The molecule has 0 amide bonds. The lowest BCUT2D eigenvalue weighted by atomic mass is 10.2. The average Bonchev–Trinajstić information content (AvgIpc) is 2.45. The van der Waals surface area contributed by atoms with E-state index >= 15 is 0 Å². The van der Waals surface area contributed by atoms with Crippen LogP contribution >= 0.6 is 0 Å². The van der Waals surface area contributed by atoms with E-state index in [9.17, 15) is 4.79 Å². The molecule has 0 aliphatic heterocycles. The first-order chi connectivity index (χ1) is 7.36. The zero-order valence-corrected chi connectivity index (χ0v) is 8.05. The van der Waals surface area contributed by atoms with Gasteiger partial charge < -0.3 is 4.40 Å². The summed E-state index contributed by atoms with van der Waals surface area (Å²) in [6.07, 6.45) is 1.97. The van der Waals surface area contributed by atoms with Crippen molar-refractivity contribution in [2.24, 2.45) is 0 Å². The fraction of sp³-hybridized carbons (Fsp3) is 0. The highest BCUT2D eigenvalue weighted by molar-refractivity contribution is 5.86. The summed E-state index contributed by atoms with van der Waals surface area (Å²) in [6.45, 7) is 0. The third-order valence-corrected chi connectivity index (χ3v) is 2.60. The molecule has 2 heteroatoms. The zero-order valence-electron chi connectivity index (χ0n) is 8.05. The number of hydrogen-bond donors (Lipinski definition) is 0. The summed E-state index contributed by atoms with van der Waals surface area (Å²) in [5, 5.41) is 0.781. The highest BCUT2D eigenvalue weighted by Crippen LogP contribution is 2.15. The maximum Gasteiger partial charge on any atom is 0.188 e. The van der Waals surface area contributed by atoms with Crippen molar-refractivity contribution in [1.82, 2.24) is 4.40 Å². The molecule has 0 bridgehead atoms. The maximum atomic E-state index is 11.6. The van der Waals surface area contributed by atoms with Crippen LogP contribution in [0.3, 0.4) is 0 Å². The van der Waals surface area contributed by atoms with Crippen LogP contribution in [0.2, 0.25) is 0 Å². The molecule has 15 heavy (non-hydrogen) atoms. The lowest BCUT2D eigenvalue weighted by molar-refractivity contribution is 1.27. The van der Waals surface area contributed by atoms with Crippen LogP contribution < -0.4 is 5.43 Å². The summed E-state index contributed by atoms with van der Waals surface area (Å²) in [4.78, 5) is 11.6. The van der Waals surface area contributed by atoms with Crippen molar-refractivity contribution < 1.29 is 0 Å². The van der Waals surface area contributed by atoms with E-state index in [4.69, 9.17) is 0 Å². The molecule has 0 unspecified atom stereocenters. The van der Waals surface area contributed by atoms with Gasteiger partial charge in [0.15, 0.2) is 5.43 Å². The SMILES string of the molecule is O=c1cccc2c1cc1cccccn12.